The van der Waals surface area contributed by atoms with E-state index in [2.05, 4.69) is 125 Å². The Labute approximate surface area is 206 Å². The summed E-state index contributed by atoms with van der Waals surface area (Å²) in [6, 6.07) is 37.0. The van der Waals surface area contributed by atoms with Crippen LogP contribution in [0.15, 0.2) is 97.1 Å². The van der Waals surface area contributed by atoms with Gasteiger partial charge in [0.25, 0.3) is 0 Å². The van der Waals surface area contributed by atoms with Crippen LogP contribution in [0.3, 0.4) is 0 Å². The second-order valence-corrected chi connectivity index (χ2v) is 9.75. The van der Waals surface area contributed by atoms with Crippen molar-refractivity contribution in [2.24, 2.45) is 0 Å². The molecule has 0 aromatic heterocycles. The van der Waals surface area contributed by atoms with Crippen LogP contribution in [0, 0.1) is 27.7 Å². The molecule has 174 valence electrons. The highest BCUT2D eigenvalue weighted by Crippen LogP contribution is 2.66. The molecular weight excluding hydrogens is 408 g/mol. The van der Waals surface area contributed by atoms with Gasteiger partial charge in [-0.15, -0.1) is 0 Å². The standard InChI is InChI=1S/C32H32.C2H6/c1-21-5-13-25(14-6-21)29-30(26-15-7-22(2)8-16-26)32(28-19-11-24(4)12-20-28)31(29)27-17-9-23(3)10-18-27;1-2/h5-20,29-32H,1-4H3;1-2H3. The van der Waals surface area contributed by atoms with Crippen molar-refractivity contribution in [2.45, 2.75) is 65.2 Å². The molecule has 0 radical (unpaired) electrons. The monoisotopic (exact) mass is 446 g/mol. The van der Waals surface area contributed by atoms with E-state index in [4.69, 9.17) is 0 Å². The Hall–Kier alpha value is -3.12. The maximum atomic E-state index is 2.35. The van der Waals surface area contributed by atoms with E-state index in [-0.39, 0.29) is 0 Å². The lowest BCUT2D eigenvalue weighted by molar-refractivity contribution is 0.229. The van der Waals surface area contributed by atoms with Gasteiger partial charge in [-0.2, -0.15) is 0 Å². The van der Waals surface area contributed by atoms with Crippen LogP contribution < -0.4 is 0 Å². The Balaban J connectivity index is 0.00000133. The third-order valence-electron chi connectivity index (χ3n) is 7.40. The Kier molecular flexibility index (Phi) is 7.37. The Bertz CT molecular complexity index is 973. The second-order valence-electron chi connectivity index (χ2n) is 9.75. The summed E-state index contributed by atoms with van der Waals surface area (Å²) in [5, 5.41) is 0. The van der Waals surface area contributed by atoms with Crippen LogP contribution >= 0.6 is 0 Å². The van der Waals surface area contributed by atoms with E-state index in [9.17, 15) is 0 Å². The maximum absolute atomic E-state index is 2.35. The molecule has 0 N–H and O–H groups in total. The zero-order chi connectivity index (χ0) is 24.2. The first-order valence-corrected chi connectivity index (χ1v) is 12.8. The second kappa shape index (κ2) is 10.4. The zero-order valence-corrected chi connectivity index (χ0v) is 21.5. The molecule has 34 heavy (non-hydrogen) atoms. The fourth-order valence-electron chi connectivity index (χ4n) is 5.56. The molecular formula is C34H38. The molecule has 1 fully saturated rings. The van der Waals surface area contributed by atoms with Crippen LogP contribution in [0.2, 0.25) is 0 Å². The van der Waals surface area contributed by atoms with Crippen molar-refractivity contribution in [3.63, 3.8) is 0 Å². The molecule has 1 aliphatic carbocycles. The van der Waals surface area contributed by atoms with Crippen molar-refractivity contribution >= 4 is 0 Å². The molecule has 0 saturated heterocycles. The molecule has 0 nitrogen and oxygen atoms in total. The summed E-state index contributed by atoms with van der Waals surface area (Å²) in [7, 11) is 0. The molecule has 0 bridgehead atoms. The first-order chi connectivity index (χ1) is 16.5. The molecule has 4 aromatic carbocycles. The first-order valence-electron chi connectivity index (χ1n) is 12.8. The summed E-state index contributed by atoms with van der Waals surface area (Å²) < 4.78 is 0. The molecule has 4 aromatic rings. The van der Waals surface area contributed by atoms with Gasteiger partial charge in [-0.05, 0) is 73.6 Å². The summed E-state index contributed by atoms with van der Waals surface area (Å²) in [5.74, 6) is 1.86. The van der Waals surface area contributed by atoms with Crippen LogP contribution in [0.25, 0.3) is 0 Å². The summed E-state index contributed by atoms with van der Waals surface area (Å²) >= 11 is 0. The zero-order valence-electron chi connectivity index (χ0n) is 21.5. The molecule has 0 spiro atoms. The lowest BCUT2D eigenvalue weighted by Crippen LogP contribution is -2.40. The van der Waals surface area contributed by atoms with E-state index < -0.39 is 0 Å². The number of hydrogen-bond donors (Lipinski definition) is 0. The van der Waals surface area contributed by atoms with E-state index in [1.807, 2.05) is 13.8 Å². The third kappa shape index (κ3) is 4.73. The van der Waals surface area contributed by atoms with Gasteiger partial charge in [0.15, 0.2) is 0 Å². The Morgan fingerprint density at radius 2 is 0.441 bits per heavy atom. The quantitative estimate of drug-likeness (QED) is 0.293. The van der Waals surface area contributed by atoms with Crippen molar-refractivity contribution in [2.75, 3.05) is 0 Å². The van der Waals surface area contributed by atoms with Gasteiger partial charge in [-0.1, -0.05) is 133 Å². The minimum Gasteiger partial charge on any atom is -0.0683 e. The van der Waals surface area contributed by atoms with Gasteiger partial charge in [0.1, 0.15) is 0 Å². The number of aryl methyl sites for hydroxylation is 4. The normalized spacial score (nSPS) is 21.2. The van der Waals surface area contributed by atoms with Gasteiger partial charge >= 0.3 is 0 Å². The Morgan fingerprint density at radius 3 is 0.588 bits per heavy atom. The fourth-order valence-corrected chi connectivity index (χ4v) is 5.56. The van der Waals surface area contributed by atoms with Crippen molar-refractivity contribution in [3.05, 3.63) is 142 Å². The average molecular weight is 447 g/mol. The molecule has 5 rings (SSSR count). The van der Waals surface area contributed by atoms with E-state index in [0.29, 0.717) is 23.7 Å². The highest BCUT2D eigenvalue weighted by Gasteiger charge is 2.52. The van der Waals surface area contributed by atoms with Crippen molar-refractivity contribution < 1.29 is 0 Å². The van der Waals surface area contributed by atoms with Gasteiger partial charge in [0.05, 0.1) is 0 Å². The molecule has 0 heteroatoms. The lowest BCUT2D eigenvalue weighted by atomic mass is 9.49. The fraction of sp³-hybridized carbons (Fsp3) is 0.294. The number of hydrogen-bond acceptors (Lipinski definition) is 0. The largest absolute Gasteiger partial charge is 0.0683 e. The van der Waals surface area contributed by atoms with Crippen LogP contribution in [0.5, 0.6) is 0 Å². The van der Waals surface area contributed by atoms with Crippen LogP contribution in [-0.4, -0.2) is 0 Å². The lowest BCUT2D eigenvalue weighted by Gasteiger charge is -2.54. The van der Waals surface area contributed by atoms with E-state index in [1.54, 1.807) is 0 Å². The SMILES string of the molecule is CC.Cc1ccc(C2C(c3ccc(C)cc3)C(c3ccc(C)cc3)C2c2ccc(C)cc2)cc1. The Morgan fingerprint density at radius 1 is 0.294 bits per heavy atom. The number of benzene rings is 4. The van der Waals surface area contributed by atoms with Gasteiger partial charge in [-0.25, -0.2) is 0 Å². The van der Waals surface area contributed by atoms with Crippen LogP contribution in [-0.2, 0) is 0 Å². The van der Waals surface area contributed by atoms with E-state index in [1.165, 1.54) is 44.5 Å². The van der Waals surface area contributed by atoms with E-state index >= 15 is 0 Å². The first kappa shape index (κ1) is 24.0. The van der Waals surface area contributed by atoms with Crippen molar-refractivity contribution in [1.29, 1.82) is 0 Å². The topological polar surface area (TPSA) is 0 Å². The van der Waals surface area contributed by atoms with Gasteiger partial charge < -0.3 is 0 Å². The molecule has 0 unspecified atom stereocenters. The third-order valence-corrected chi connectivity index (χ3v) is 7.40. The van der Waals surface area contributed by atoms with E-state index in [0.717, 1.165) is 0 Å². The predicted octanol–water partition coefficient (Wildman–Crippen LogP) is 9.40. The molecule has 0 heterocycles. The van der Waals surface area contributed by atoms with Gasteiger partial charge in [0.2, 0.25) is 0 Å². The summed E-state index contributed by atoms with van der Waals surface area (Å²) in [4.78, 5) is 0. The molecule has 0 aliphatic heterocycles. The maximum Gasteiger partial charge on any atom is -0.00120 e. The summed E-state index contributed by atoms with van der Waals surface area (Å²) in [6.45, 7) is 12.7. The summed E-state index contributed by atoms with van der Waals surface area (Å²) in [6.07, 6.45) is 0. The number of rotatable bonds is 4. The van der Waals surface area contributed by atoms with Crippen molar-refractivity contribution in [3.8, 4) is 0 Å². The summed E-state index contributed by atoms with van der Waals surface area (Å²) in [5.41, 5.74) is 11.1. The smallest absolute Gasteiger partial charge is 0.00120 e. The minimum absolute atomic E-state index is 0.465. The molecule has 0 atom stereocenters. The average Bonchev–Trinajstić information content (AvgIpc) is 2.85. The van der Waals surface area contributed by atoms with Crippen LogP contribution in [0.4, 0.5) is 0 Å². The highest BCUT2D eigenvalue weighted by molar-refractivity contribution is 5.49. The van der Waals surface area contributed by atoms with Crippen LogP contribution in [0.1, 0.15) is 82.0 Å². The highest BCUT2D eigenvalue weighted by atomic mass is 14.5. The molecule has 1 aliphatic rings. The van der Waals surface area contributed by atoms with Gasteiger partial charge in [-0.3, -0.25) is 0 Å². The predicted molar refractivity (Wildman–Crippen MR) is 147 cm³/mol. The van der Waals surface area contributed by atoms with Crippen molar-refractivity contribution in [1.82, 2.24) is 0 Å². The molecule has 1 saturated carbocycles. The molecule has 0 amide bonds. The minimum atomic E-state index is 0.465. The van der Waals surface area contributed by atoms with Gasteiger partial charge in [0, 0.05) is 0 Å².